The molecule has 7 nitrogen and oxygen atoms in total. The molecular formula is C22H17N3O4. The van der Waals surface area contributed by atoms with Crippen LogP contribution < -0.4 is 20.3 Å². The number of carbonyl (C=O) groups is 2. The molecule has 0 saturated heterocycles. The molecule has 3 rings (SSSR count). The van der Waals surface area contributed by atoms with Crippen LogP contribution in [0.4, 0.5) is 0 Å². The largest absolute Gasteiger partial charge is 0.484 e. The highest BCUT2D eigenvalue weighted by atomic mass is 16.5. The number of para-hydroxylation sites is 1. The second-order valence-corrected chi connectivity index (χ2v) is 5.87. The van der Waals surface area contributed by atoms with Gasteiger partial charge in [-0.2, -0.15) is 5.26 Å². The molecule has 0 fully saturated rings. The molecule has 0 aromatic heterocycles. The van der Waals surface area contributed by atoms with Crippen LogP contribution in [0.25, 0.3) is 0 Å². The van der Waals surface area contributed by atoms with Gasteiger partial charge in [-0.15, -0.1) is 0 Å². The van der Waals surface area contributed by atoms with E-state index in [1.54, 1.807) is 60.7 Å². The average Bonchev–Trinajstić information content (AvgIpc) is 2.77. The van der Waals surface area contributed by atoms with Crippen molar-refractivity contribution in [2.45, 2.75) is 0 Å². The zero-order valence-electron chi connectivity index (χ0n) is 15.3. The minimum Gasteiger partial charge on any atom is -0.484 e. The van der Waals surface area contributed by atoms with Crippen LogP contribution in [0.1, 0.15) is 15.9 Å². The van der Waals surface area contributed by atoms with Crippen LogP contribution >= 0.6 is 0 Å². The molecule has 0 saturated carbocycles. The summed E-state index contributed by atoms with van der Waals surface area (Å²) >= 11 is 0. The Kier molecular flexibility index (Phi) is 6.42. The van der Waals surface area contributed by atoms with Crippen LogP contribution in [0.15, 0.2) is 78.9 Å². The van der Waals surface area contributed by atoms with E-state index >= 15 is 0 Å². The fourth-order valence-electron chi connectivity index (χ4n) is 2.33. The fraction of sp³-hybridized carbons (Fsp3) is 0.0455. The summed E-state index contributed by atoms with van der Waals surface area (Å²) in [6.45, 7) is -0.288. The Morgan fingerprint density at radius 2 is 1.55 bits per heavy atom. The van der Waals surface area contributed by atoms with Gasteiger partial charge in [0.2, 0.25) is 0 Å². The van der Waals surface area contributed by atoms with Crippen molar-refractivity contribution in [3.05, 3.63) is 90.0 Å². The highest BCUT2D eigenvalue weighted by molar-refractivity contribution is 5.95. The second kappa shape index (κ2) is 9.58. The minimum absolute atomic E-state index is 0.288. The van der Waals surface area contributed by atoms with Gasteiger partial charge in [-0.05, 0) is 54.6 Å². The number of benzene rings is 3. The number of ether oxygens (including phenoxy) is 2. The van der Waals surface area contributed by atoms with Crippen LogP contribution in [-0.2, 0) is 4.79 Å². The number of amides is 2. The van der Waals surface area contributed by atoms with Crippen molar-refractivity contribution in [2.75, 3.05) is 6.61 Å². The van der Waals surface area contributed by atoms with E-state index in [1.807, 2.05) is 24.3 Å². The van der Waals surface area contributed by atoms with Gasteiger partial charge in [0.25, 0.3) is 11.8 Å². The lowest BCUT2D eigenvalue weighted by atomic mass is 10.2. The Morgan fingerprint density at radius 3 is 2.28 bits per heavy atom. The van der Waals surface area contributed by atoms with Gasteiger partial charge in [0, 0.05) is 5.56 Å². The highest BCUT2D eigenvalue weighted by Gasteiger charge is 2.09. The molecule has 0 atom stereocenters. The monoisotopic (exact) mass is 387 g/mol. The van der Waals surface area contributed by atoms with Crippen molar-refractivity contribution in [2.24, 2.45) is 0 Å². The quantitative estimate of drug-likeness (QED) is 0.633. The Bertz CT molecular complexity index is 1030. The summed E-state index contributed by atoms with van der Waals surface area (Å²) in [6.07, 6.45) is 0. The predicted octanol–water partition coefficient (Wildman–Crippen LogP) is 3.19. The molecule has 0 bridgehead atoms. The minimum atomic E-state index is -0.528. The Hall–Kier alpha value is -4.31. The smallest absolute Gasteiger partial charge is 0.276 e. The van der Waals surface area contributed by atoms with E-state index in [-0.39, 0.29) is 6.61 Å². The lowest BCUT2D eigenvalue weighted by Gasteiger charge is -2.10. The molecule has 0 aliphatic rings. The molecule has 2 amide bonds. The van der Waals surface area contributed by atoms with Gasteiger partial charge in [0.15, 0.2) is 6.61 Å². The van der Waals surface area contributed by atoms with E-state index in [9.17, 15) is 9.59 Å². The van der Waals surface area contributed by atoms with E-state index in [2.05, 4.69) is 10.9 Å². The standard InChI is InChI=1S/C22H17N3O4/c23-14-16-9-11-18(12-10-16)28-15-21(26)24-25-22(27)17-5-4-8-20(13-17)29-19-6-2-1-3-7-19/h1-13H,15H2,(H,24,26)(H,25,27). The van der Waals surface area contributed by atoms with Gasteiger partial charge in [0.1, 0.15) is 17.2 Å². The summed E-state index contributed by atoms with van der Waals surface area (Å²) < 4.78 is 11.0. The number of nitrogens with one attached hydrogen (secondary N) is 2. The lowest BCUT2D eigenvalue weighted by molar-refractivity contribution is -0.123. The van der Waals surface area contributed by atoms with Crippen molar-refractivity contribution in [3.63, 3.8) is 0 Å². The third-order valence-corrected chi connectivity index (χ3v) is 3.74. The third kappa shape index (κ3) is 5.84. The van der Waals surface area contributed by atoms with Gasteiger partial charge >= 0.3 is 0 Å². The maximum atomic E-state index is 12.2. The van der Waals surface area contributed by atoms with Gasteiger partial charge in [-0.3, -0.25) is 20.4 Å². The molecule has 0 radical (unpaired) electrons. The van der Waals surface area contributed by atoms with Crippen LogP contribution in [0.3, 0.4) is 0 Å². The average molecular weight is 387 g/mol. The van der Waals surface area contributed by atoms with Crippen LogP contribution in [0, 0.1) is 11.3 Å². The topological polar surface area (TPSA) is 100 Å². The summed E-state index contributed by atoms with van der Waals surface area (Å²) in [5.74, 6) is 0.573. The molecule has 0 unspecified atom stereocenters. The van der Waals surface area contributed by atoms with Gasteiger partial charge < -0.3 is 9.47 Å². The molecule has 0 heterocycles. The van der Waals surface area contributed by atoms with Crippen molar-refractivity contribution in [3.8, 4) is 23.3 Å². The van der Waals surface area contributed by atoms with Gasteiger partial charge in [0.05, 0.1) is 11.6 Å². The molecule has 29 heavy (non-hydrogen) atoms. The molecule has 3 aromatic rings. The molecule has 0 spiro atoms. The number of hydrazine groups is 1. The summed E-state index contributed by atoms with van der Waals surface area (Å²) in [5, 5.41) is 8.75. The molecule has 3 aromatic carbocycles. The zero-order valence-corrected chi connectivity index (χ0v) is 15.3. The normalized spacial score (nSPS) is 9.76. The van der Waals surface area contributed by atoms with Crippen molar-refractivity contribution in [1.29, 1.82) is 5.26 Å². The number of rotatable bonds is 6. The Labute approximate surface area is 167 Å². The fourth-order valence-corrected chi connectivity index (χ4v) is 2.33. The van der Waals surface area contributed by atoms with E-state index < -0.39 is 11.8 Å². The first kappa shape index (κ1) is 19.5. The van der Waals surface area contributed by atoms with Crippen molar-refractivity contribution >= 4 is 11.8 Å². The molecule has 144 valence electrons. The first-order valence-corrected chi connectivity index (χ1v) is 8.69. The SMILES string of the molecule is N#Cc1ccc(OCC(=O)NNC(=O)c2cccc(Oc3ccccc3)c2)cc1. The van der Waals surface area contributed by atoms with E-state index in [0.29, 0.717) is 28.4 Å². The third-order valence-electron chi connectivity index (χ3n) is 3.74. The second-order valence-electron chi connectivity index (χ2n) is 5.87. The Morgan fingerprint density at radius 1 is 0.828 bits per heavy atom. The van der Waals surface area contributed by atoms with Crippen LogP contribution in [0.5, 0.6) is 17.2 Å². The number of nitriles is 1. The summed E-state index contributed by atoms with van der Waals surface area (Å²) in [7, 11) is 0. The molecular weight excluding hydrogens is 370 g/mol. The maximum Gasteiger partial charge on any atom is 0.276 e. The highest BCUT2D eigenvalue weighted by Crippen LogP contribution is 2.21. The number of hydrogen-bond donors (Lipinski definition) is 2. The van der Waals surface area contributed by atoms with Crippen molar-refractivity contribution in [1.82, 2.24) is 10.9 Å². The number of hydrogen-bond acceptors (Lipinski definition) is 5. The van der Waals surface area contributed by atoms with E-state index in [0.717, 1.165) is 0 Å². The molecule has 0 aliphatic heterocycles. The zero-order chi connectivity index (χ0) is 20.5. The van der Waals surface area contributed by atoms with Gasteiger partial charge in [-0.1, -0.05) is 24.3 Å². The van der Waals surface area contributed by atoms with E-state index in [1.165, 1.54) is 0 Å². The van der Waals surface area contributed by atoms with Crippen LogP contribution in [-0.4, -0.2) is 18.4 Å². The lowest BCUT2D eigenvalue weighted by Crippen LogP contribution is -2.43. The number of nitrogens with zero attached hydrogens (tertiary/aromatic N) is 1. The Balaban J connectivity index is 1.49. The van der Waals surface area contributed by atoms with Crippen molar-refractivity contribution < 1.29 is 19.1 Å². The molecule has 0 aliphatic carbocycles. The number of carbonyl (C=O) groups excluding carboxylic acids is 2. The summed E-state index contributed by atoms with van der Waals surface area (Å²) in [4.78, 5) is 24.1. The predicted molar refractivity (Wildman–Crippen MR) is 105 cm³/mol. The van der Waals surface area contributed by atoms with E-state index in [4.69, 9.17) is 14.7 Å². The van der Waals surface area contributed by atoms with Crippen LogP contribution in [0.2, 0.25) is 0 Å². The first-order valence-electron chi connectivity index (χ1n) is 8.69. The summed E-state index contributed by atoms with van der Waals surface area (Å²) in [5.41, 5.74) is 5.43. The van der Waals surface area contributed by atoms with Gasteiger partial charge in [-0.25, -0.2) is 0 Å². The molecule has 2 N–H and O–H groups in total. The summed E-state index contributed by atoms with van der Waals surface area (Å²) in [6, 6.07) is 24.1. The maximum absolute atomic E-state index is 12.2. The molecule has 7 heteroatoms. The first-order chi connectivity index (χ1) is 14.1.